The van der Waals surface area contributed by atoms with Crippen molar-refractivity contribution in [3.05, 3.63) is 30.3 Å². The first-order valence-corrected chi connectivity index (χ1v) is 11.6. The molecule has 138 valence electrons. The van der Waals surface area contributed by atoms with E-state index < -0.39 is 25.8 Å². The van der Waals surface area contributed by atoms with Crippen molar-refractivity contribution in [1.29, 1.82) is 0 Å². The second-order valence-electron chi connectivity index (χ2n) is 6.62. The summed E-state index contributed by atoms with van der Waals surface area (Å²) in [5.41, 5.74) is 0. The van der Waals surface area contributed by atoms with E-state index >= 15 is 0 Å². The third-order valence-electron chi connectivity index (χ3n) is 4.71. The lowest BCUT2D eigenvalue weighted by atomic mass is 9.98. The summed E-state index contributed by atoms with van der Waals surface area (Å²) in [6.45, 7) is 0.515. The van der Waals surface area contributed by atoms with Crippen molar-refractivity contribution >= 4 is 25.8 Å². The molecule has 0 aromatic heterocycles. The van der Waals surface area contributed by atoms with Gasteiger partial charge in [0.2, 0.25) is 15.9 Å². The summed E-state index contributed by atoms with van der Waals surface area (Å²) in [6.07, 6.45) is 1.63. The lowest BCUT2D eigenvalue weighted by molar-refractivity contribution is -0.126. The molecule has 2 aliphatic rings. The van der Waals surface area contributed by atoms with Crippen LogP contribution in [-0.2, 0) is 24.7 Å². The number of sulfonamides is 1. The van der Waals surface area contributed by atoms with Crippen LogP contribution in [0.15, 0.2) is 35.2 Å². The van der Waals surface area contributed by atoms with E-state index in [0.29, 0.717) is 25.8 Å². The van der Waals surface area contributed by atoms with Crippen molar-refractivity contribution < 1.29 is 21.6 Å². The van der Waals surface area contributed by atoms with E-state index in [1.165, 1.54) is 4.31 Å². The molecule has 1 aromatic carbocycles. The normalized spacial score (nSPS) is 27.0. The van der Waals surface area contributed by atoms with Gasteiger partial charge in [-0.3, -0.25) is 4.79 Å². The molecule has 7 nitrogen and oxygen atoms in total. The average Bonchev–Trinajstić information content (AvgIpc) is 2.94. The van der Waals surface area contributed by atoms with Gasteiger partial charge in [-0.2, -0.15) is 4.31 Å². The predicted octanol–water partition coefficient (Wildman–Crippen LogP) is 0.391. The number of sulfone groups is 1. The molecule has 0 bridgehead atoms. The van der Waals surface area contributed by atoms with E-state index in [1.54, 1.807) is 30.3 Å². The molecule has 25 heavy (non-hydrogen) atoms. The van der Waals surface area contributed by atoms with Gasteiger partial charge in [0.15, 0.2) is 9.84 Å². The van der Waals surface area contributed by atoms with E-state index in [0.717, 1.165) is 0 Å². The summed E-state index contributed by atoms with van der Waals surface area (Å²) in [5, 5.41) is 2.78. The molecule has 0 radical (unpaired) electrons. The van der Waals surface area contributed by atoms with Crippen LogP contribution in [0, 0.1) is 5.92 Å². The minimum Gasteiger partial charge on any atom is -0.352 e. The van der Waals surface area contributed by atoms with Gasteiger partial charge in [-0.1, -0.05) is 18.2 Å². The Morgan fingerprint density at radius 2 is 1.88 bits per heavy atom. The van der Waals surface area contributed by atoms with E-state index in [9.17, 15) is 21.6 Å². The van der Waals surface area contributed by atoms with E-state index in [4.69, 9.17) is 0 Å². The van der Waals surface area contributed by atoms with Crippen molar-refractivity contribution in [2.24, 2.45) is 5.92 Å². The number of nitrogens with one attached hydrogen (secondary N) is 1. The molecule has 1 amide bonds. The van der Waals surface area contributed by atoms with Gasteiger partial charge < -0.3 is 5.32 Å². The quantitative estimate of drug-likeness (QED) is 0.807. The number of hydrogen-bond donors (Lipinski definition) is 1. The molecule has 2 aliphatic heterocycles. The largest absolute Gasteiger partial charge is 0.352 e. The number of amides is 1. The lowest BCUT2D eigenvalue weighted by Gasteiger charge is -2.31. The number of benzene rings is 1. The molecule has 0 aliphatic carbocycles. The molecule has 3 rings (SSSR count). The zero-order valence-electron chi connectivity index (χ0n) is 13.8. The standard InChI is InChI=1S/C16H22N2O5S2/c19-16(17-14-8-10-24(20,21)12-14)13-5-4-9-18(11-13)25(22,23)15-6-2-1-3-7-15/h1-3,6-7,13-14H,4-5,8-12H2,(H,17,19)/t13-,14-/m0/s1. The van der Waals surface area contributed by atoms with Crippen LogP contribution in [0.1, 0.15) is 19.3 Å². The highest BCUT2D eigenvalue weighted by molar-refractivity contribution is 7.91. The fourth-order valence-corrected chi connectivity index (χ4v) is 6.56. The maximum Gasteiger partial charge on any atom is 0.243 e. The third kappa shape index (κ3) is 4.21. The lowest BCUT2D eigenvalue weighted by Crippen LogP contribution is -2.47. The number of carbonyl (C=O) groups excluding carboxylic acids is 1. The summed E-state index contributed by atoms with van der Waals surface area (Å²) in [5.74, 6) is -0.639. The Balaban J connectivity index is 1.66. The third-order valence-corrected chi connectivity index (χ3v) is 8.36. The van der Waals surface area contributed by atoms with Crippen molar-refractivity contribution in [1.82, 2.24) is 9.62 Å². The first-order chi connectivity index (χ1) is 11.8. The Morgan fingerprint density at radius 1 is 1.16 bits per heavy atom. The monoisotopic (exact) mass is 386 g/mol. The van der Waals surface area contributed by atoms with Crippen LogP contribution in [0.5, 0.6) is 0 Å². The van der Waals surface area contributed by atoms with Gasteiger partial charge in [0.25, 0.3) is 0 Å². The summed E-state index contributed by atoms with van der Waals surface area (Å²) in [7, 11) is -6.68. The summed E-state index contributed by atoms with van der Waals surface area (Å²) < 4.78 is 49.7. The Morgan fingerprint density at radius 3 is 2.52 bits per heavy atom. The first kappa shape index (κ1) is 18.3. The van der Waals surface area contributed by atoms with Crippen molar-refractivity contribution in [2.75, 3.05) is 24.6 Å². The van der Waals surface area contributed by atoms with Gasteiger partial charge in [-0.05, 0) is 31.4 Å². The van der Waals surface area contributed by atoms with Crippen LogP contribution in [0.25, 0.3) is 0 Å². The Hall–Kier alpha value is -1.45. The minimum atomic E-state index is -3.62. The zero-order valence-corrected chi connectivity index (χ0v) is 15.4. The second-order valence-corrected chi connectivity index (χ2v) is 10.8. The highest BCUT2D eigenvalue weighted by atomic mass is 32.2. The molecule has 2 saturated heterocycles. The average molecular weight is 386 g/mol. The minimum absolute atomic E-state index is 0.0303. The fraction of sp³-hybridized carbons (Fsp3) is 0.562. The molecule has 0 saturated carbocycles. The van der Waals surface area contributed by atoms with E-state index in [-0.39, 0.29) is 34.9 Å². The van der Waals surface area contributed by atoms with Crippen LogP contribution in [-0.4, -0.2) is 57.7 Å². The van der Waals surface area contributed by atoms with Gasteiger partial charge in [0.05, 0.1) is 22.3 Å². The molecular weight excluding hydrogens is 364 g/mol. The molecule has 0 unspecified atom stereocenters. The maximum atomic E-state index is 12.7. The Kier molecular flexibility index (Phi) is 5.17. The summed E-state index contributed by atoms with van der Waals surface area (Å²) in [4.78, 5) is 12.7. The number of carbonyl (C=O) groups is 1. The number of nitrogens with zero attached hydrogens (tertiary/aromatic N) is 1. The van der Waals surface area contributed by atoms with E-state index in [1.807, 2.05) is 0 Å². The number of piperidine rings is 1. The Labute approximate surface area is 148 Å². The smallest absolute Gasteiger partial charge is 0.243 e. The van der Waals surface area contributed by atoms with Gasteiger partial charge in [-0.15, -0.1) is 0 Å². The van der Waals surface area contributed by atoms with Gasteiger partial charge in [0.1, 0.15) is 0 Å². The molecule has 2 fully saturated rings. The predicted molar refractivity (Wildman–Crippen MR) is 93.1 cm³/mol. The van der Waals surface area contributed by atoms with Gasteiger partial charge in [0, 0.05) is 19.1 Å². The molecule has 1 N–H and O–H groups in total. The molecule has 1 aromatic rings. The molecule has 0 spiro atoms. The van der Waals surface area contributed by atoms with Crippen LogP contribution in [0.4, 0.5) is 0 Å². The van der Waals surface area contributed by atoms with Gasteiger partial charge >= 0.3 is 0 Å². The highest BCUT2D eigenvalue weighted by Crippen LogP contribution is 2.24. The van der Waals surface area contributed by atoms with Crippen LogP contribution in [0.2, 0.25) is 0 Å². The highest BCUT2D eigenvalue weighted by Gasteiger charge is 2.35. The van der Waals surface area contributed by atoms with Crippen molar-refractivity contribution in [2.45, 2.75) is 30.2 Å². The molecule has 2 heterocycles. The SMILES string of the molecule is O=C(N[C@H]1CCS(=O)(=O)C1)[C@H]1CCCN(S(=O)(=O)c2ccccc2)C1. The number of hydrogen-bond acceptors (Lipinski definition) is 5. The molecule has 2 atom stereocenters. The summed E-state index contributed by atoms with van der Waals surface area (Å²) in [6, 6.07) is 7.81. The van der Waals surface area contributed by atoms with Crippen LogP contribution >= 0.6 is 0 Å². The topological polar surface area (TPSA) is 101 Å². The zero-order chi connectivity index (χ0) is 18.1. The maximum absolute atomic E-state index is 12.7. The molecule has 9 heteroatoms. The first-order valence-electron chi connectivity index (χ1n) is 8.34. The Bertz CT molecular complexity index is 837. The van der Waals surface area contributed by atoms with Crippen molar-refractivity contribution in [3.8, 4) is 0 Å². The summed E-state index contributed by atoms with van der Waals surface area (Å²) >= 11 is 0. The van der Waals surface area contributed by atoms with Crippen molar-refractivity contribution in [3.63, 3.8) is 0 Å². The van der Waals surface area contributed by atoms with Gasteiger partial charge in [-0.25, -0.2) is 16.8 Å². The number of rotatable bonds is 4. The fourth-order valence-electron chi connectivity index (χ4n) is 3.34. The van der Waals surface area contributed by atoms with Crippen LogP contribution in [0.3, 0.4) is 0 Å². The van der Waals surface area contributed by atoms with Crippen LogP contribution < -0.4 is 5.32 Å². The molecular formula is C16H22N2O5S2. The van der Waals surface area contributed by atoms with E-state index in [2.05, 4.69) is 5.32 Å². The second kappa shape index (κ2) is 7.05.